The Morgan fingerprint density at radius 3 is 2.41 bits per heavy atom. The number of ether oxygens (including phenoxy) is 1. The highest BCUT2D eigenvalue weighted by atomic mass is 31.0. The third kappa shape index (κ3) is 6.26. The van der Waals surface area contributed by atoms with Crippen LogP contribution in [0.3, 0.4) is 0 Å². The van der Waals surface area contributed by atoms with Crippen molar-refractivity contribution in [3.63, 3.8) is 0 Å². The number of nitrogens with zero attached hydrogens (tertiary/aromatic N) is 1. The SMILES string of the molecule is C=CC(=O)Cc1ccc(NN)cc1.CC1(C)OC(c2ccccc2)CN1P. The summed E-state index contributed by atoms with van der Waals surface area (Å²) in [6.07, 6.45) is 1.92. The summed E-state index contributed by atoms with van der Waals surface area (Å²) in [6.45, 7) is 8.51. The van der Waals surface area contributed by atoms with Gasteiger partial charge in [-0.05, 0) is 43.2 Å². The van der Waals surface area contributed by atoms with Crippen LogP contribution < -0.4 is 11.3 Å². The van der Waals surface area contributed by atoms with Crippen LogP contribution in [0.15, 0.2) is 67.3 Å². The third-order valence-corrected chi connectivity index (χ3v) is 5.22. The van der Waals surface area contributed by atoms with Crippen LogP contribution >= 0.6 is 9.39 Å². The van der Waals surface area contributed by atoms with Crippen LogP contribution in [0.4, 0.5) is 5.69 Å². The first-order chi connectivity index (χ1) is 12.9. The van der Waals surface area contributed by atoms with Crippen LogP contribution in [0, 0.1) is 0 Å². The summed E-state index contributed by atoms with van der Waals surface area (Å²) in [7, 11) is 2.72. The maximum atomic E-state index is 11.0. The van der Waals surface area contributed by atoms with Gasteiger partial charge in [0.25, 0.3) is 0 Å². The smallest absolute Gasteiger partial charge is 0.159 e. The standard InChI is InChI=1S/C11H16NOP.C10H12N2O/c1-11(2)12(14)8-10(13-11)9-6-4-3-5-7-9;1-2-10(13)7-8-3-5-9(12-11)6-4-8/h3-7,10H,8,14H2,1-2H3;2-6,12H,1,7,11H2. The summed E-state index contributed by atoms with van der Waals surface area (Å²) in [5.41, 5.74) is 5.39. The molecule has 1 saturated heterocycles. The van der Waals surface area contributed by atoms with Gasteiger partial charge >= 0.3 is 0 Å². The van der Waals surface area contributed by atoms with E-state index < -0.39 is 0 Å². The number of nitrogens with two attached hydrogens (primary N) is 1. The van der Waals surface area contributed by atoms with Gasteiger partial charge in [0.05, 0.1) is 6.10 Å². The second-order valence-electron chi connectivity index (χ2n) is 6.80. The first-order valence-corrected chi connectivity index (χ1v) is 9.33. The maximum Gasteiger partial charge on any atom is 0.159 e. The van der Waals surface area contributed by atoms with Crippen LogP contribution in [-0.4, -0.2) is 22.7 Å². The van der Waals surface area contributed by atoms with Crippen molar-refractivity contribution in [2.45, 2.75) is 32.1 Å². The topological polar surface area (TPSA) is 67.6 Å². The monoisotopic (exact) mass is 385 g/mol. The predicted molar refractivity (Wildman–Crippen MR) is 114 cm³/mol. The Labute approximate surface area is 163 Å². The maximum absolute atomic E-state index is 11.0. The highest BCUT2D eigenvalue weighted by Crippen LogP contribution is 2.37. The van der Waals surface area contributed by atoms with Crippen molar-refractivity contribution in [1.29, 1.82) is 0 Å². The van der Waals surface area contributed by atoms with Crippen LogP contribution in [0.2, 0.25) is 0 Å². The van der Waals surface area contributed by atoms with Gasteiger partial charge in [-0.2, -0.15) is 0 Å². The molecular weight excluding hydrogens is 357 g/mol. The number of carbonyl (C=O) groups is 1. The number of allylic oxidation sites excluding steroid dienone is 1. The van der Waals surface area contributed by atoms with Gasteiger partial charge in [0.1, 0.15) is 5.72 Å². The molecular formula is C21H28N3O2P. The quantitative estimate of drug-likeness (QED) is 0.354. The van der Waals surface area contributed by atoms with Gasteiger partial charge in [0, 0.05) is 18.7 Å². The van der Waals surface area contributed by atoms with Gasteiger partial charge in [-0.3, -0.25) is 15.3 Å². The Kier molecular flexibility index (Phi) is 7.69. The molecule has 6 heteroatoms. The fourth-order valence-electron chi connectivity index (χ4n) is 2.68. The van der Waals surface area contributed by atoms with E-state index in [0.717, 1.165) is 17.8 Å². The minimum atomic E-state index is -0.175. The van der Waals surface area contributed by atoms with Crippen LogP contribution in [-0.2, 0) is 16.0 Å². The molecule has 1 heterocycles. The zero-order valence-corrected chi connectivity index (χ0v) is 17.0. The summed E-state index contributed by atoms with van der Waals surface area (Å²) < 4.78 is 8.11. The molecule has 5 nitrogen and oxygen atoms in total. The molecule has 1 aliphatic rings. The van der Waals surface area contributed by atoms with Crippen molar-refractivity contribution in [2.75, 3.05) is 12.0 Å². The van der Waals surface area contributed by atoms with Crippen molar-refractivity contribution in [3.05, 3.63) is 78.4 Å². The number of rotatable bonds is 5. The molecule has 3 N–H and O–H groups in total. The normalized spacial score (nSPS) is 18.3. The lowest BCUT2D eigenvalue weighted by Crippen LogP contribution is -2.31. The van der Waals surface area contributed by atoms with E-state index in [1.165, 1.54) is 11.6 Å². The number of benzene rings is 2. The molecule has 0 radical (unpaired) electrons. The number of carbonyl (C=O) groups excluding carboxylic acids is 1. The van der Waals surface area contributed by atoms with Crippen molar-refractivity contribution in [3.8, 4) is 0 Å². The van der Waals surface area contributed by atoms with Gasteiger partial charge in [-0.15, -0.1) is 0 Å². The number of anilines is 1. The summed E-state index contributed by atoms with van der Waals surface area (Å²) in [6, 6.07) is 17.7. The zero-order chi connectivity index (χ0) is 19.9. The van der Waals surface area contributed by atoms with E-state index in [4.69, 9.17) is 10.6 Å². The lowest BCUT2D eigenvalue weighted by atomic mass is 10.1. The lowest BCUT2D eigenvalue weighted by Gasteiger charge is -2.25. The number of nitrogens with one attached hydrogen (secondary N) is 1. The second kappa shape index (κ2) is 9.77. The fourth-order valence-corrected chi connectivity index (χ4v) is 2.94. The van der Waals surface area contributed by atoms with E-state index >= 15 is 0 Å². The molecule has 2 unspecified atom stereocenters. The number of nitrogen functional groups attached to an aromatic ring is 1. The van der Waals surface area contributed by atoms with Crippen molar-refractivity contribution < 1.29 is 9.53 Å². The first kappa shape index (κ1) is 21.3. The van der Waals surface area contributed by atoms with Crippen molar-refractivity contribution >= 4 is 20.9 Å². The van der Waals surface area contributed by atoms with Gasteiger partial charge in [-0.1, -0.05) is 58.4 Å². The Hall–Kier alpha value is -2.04. The Balaban J connectivity index is 0.000000194. The number of hydrogen-bond acceptors (Lipinski definition) is 5. The number of ketones is 1. The Morgan fingerprint density at radius 2 is 1.93 bits per heavy atom. The molecule has 0 amide bonds. The van der Waals surface area contributed by atoms with Crippen molar-refractivity contribution in [1.82, 2.24) is 4.67 Å². The fraction of sp³-hybridized carbons (Fsp3) is 0.286. The van der Waals surface area contributed by atoms with Gasteiger partial charge in [-0.25, -0.2) is 0 Å². The molecule has 2 aromatic carbocycles. The molecule has 0 saturated carbocycles. The van der Waals surface area contributed by atoms with E-state index in [-0.39, 0.29) is 17.6 Å². The Bertz CT molecular complexity index is 748. The molecule has 144 valence electrons. The van der Waals surface area contributed by atoms with Crippen LogP contribution in [0.25, 0.3) is 0 Å². The molecule has 0 aromatic heterocycles. The molecule has 0 bridgehead atoms. The molecule has 1 fully saturated rings. The highest BCUT2D eigenvalue weighted by Gasteiger charge is 2.37. The summed E-state index contributed by atoms with van der Waals surface area (Å²) in [4.78, 5) is 11.0. The van der Waals surface area contributed by atoms with Gasteiger partial charge in [0.15, 0.2) is 5.78 Å². The third-order valence-electron chi connectivity index (χ3n) is 4.38. The molecule has 27 heavy (non-hydrogen) atoms. The van der Waals surface area contributed by atoms with E-state index in [2.05, 4.69) is 64.2 Å². The minimum absolute atomic E-state index is 0.0217. The molecule has 1 aliphatic heterocycles. The number of hydrogen-bond donors (Lipinski definition) is 2. The van der Waals surface area contributed by atoms with Crippen molar-refractivity contribution in [2.24, 2.45) is 5.84 Å². The Morgan fingerprint density at radius 1 is 1.30 bits per heavy atom. The highest BCUT2D eigenvalue weighted by molar-refractivity contribution is 7.13. The van der Waals surface area contributed by atoms with Crippen LogP contribution in [0.5, 0.6) is 0 Å². The minimum Gasteiger partial charge on any atom is -0.351 e. The average molecular weight is 385 g/mol. The van der Waals surface area contributed by atoms with Crippen LogP contribution in [0.1, 0.15) is 31.1 Å². The molecule has 0 spiro atoms. The summed E-state index contributed by atoms with van der Waals surface area (Å²) in [5, 5.41) is 0. The average Bonchev–Trinajstić information content (AvgIpc) is 2.96. The number of hydrazine groups is 1. The molecule has 2 atom stereocenters. The van der Waals surface area contributed by atoms with E-state index in [1.807, 2.05) is 30.3 Å². The zero-order valence-electron chi connectivity index (χ0n) is 15.9. The largest absolute Gasteiger partial charge is 0.351 e. The summed E-state index contributed by atoms with van der Waals surface area (Å²) in [5.74, 6) is 5.22. The molecule has 2 aromatic rings. The first-order valence-electron chi connectivity index (χ1n) is 8.81. The van der Waals surface area contributed by atoms with E-state index in [0.29, 0.717) is 6.42 Å². The predicted octanol–water partition coefficient (Wildman–Crippen LogP) is 3.86. The van der Waals surface area contributed by atoms with Gasteiger partial charge < -0.3 is 10.2 Å². The van der Waals surface area contributed by atoms with E-state index in [9.17, 15) is 4.79 Å². The molecule has 0 aliphatic carbocycles. The second-order valence-corrected chi connectivity index (χ2v) is 7.43. The van der Waals surface area contributed by atoms with Gasteiger partial charge in [0.2, 0.25) is 0 Å². The molecule has 3 rings (SSSR count). The summed E-state index contributed by atoms with van der Waals surface area (Å²) >= 11 is 0. The van der Waals surface area contributed by atoms with E-state index in [1.54, 1.807) is 0 Å². The lowest BCUT2D eigenvalue weighted by molar-refractivity contribution is -0.114.